The molecule has 1 heterocycles. The summed E-state index contributed by atoms with van der Waals surface area (Å²) >= 11 is 0. The van der Waals surface area contributed by atoms with Crippen molar-refractivity contribution in [3.63, 3.8) is 0 Å². The molecule has 1 rings (SSSR count). The van der Waals surface area contributed by atoms with Crippen molar-refractivity contribution in [3.05, 3.63) is 0 Å². The Morgan fingerprint density at radius 2 is 1.93 bits per heavy atom. The van der Waals surface area contributed by atoms with E-state index in [0.29, 0.717) is 5.92 Å². The highest BCUT2D eigenvalue weighted by molar-refractivity contribution is 4.77. The van der Waals surface area contributed by atoms with Crippen LogP contribution >= 0.6 is 0 Å². The van der Waals surface area contributed by atoms with Gasteiger partial charge in [0.1, 0.15) is 0 Å². The molecule has 1 aliphatic heterocycles. The van der Waals surface area contributed by atoms with Gasteiger partial charge >= 0.3 is 0 Å². The van der Waals surface area contributed by atoms with Gasteiger partial charge in [0, 0.05) is 6.04 Å². The number of likely N-dealkylation sites (tertiary alicyclic amines) is 1. The van der Waals surface area contributed by atoms with Gasteiger partial charge in [-0.3, -0.25) is 0 Å². The lowest BCUT2D eigenvalue weighted by atomic mass is 10.0. The molecule has 1 saturated heterocycles. The predicted molar refractivity (Wildman–Crippen MR) is 66.0 cm³/mol. The molecule has 0 aromatic carbocycles. The van der Waals surface area contributed by atoms with Crippen LogP contribution in [0, 0.1) is 5.92 Å². The number of hydrogen-bond acceptors (Lipinski definition) is 3. The lowest BCUT2D eigenvalue weighted by Gasteiger charge is -2.35. The van der Waals surface area contributed by atoms with E-state index in [4.69, 9.17) is 5.73 Å². The van der Waals surface area contributed by atoms with Gasteiger partial charge in [0.2, 0.25) is 0 Å². The van der Waals surface area contributed by atoms with Gasteiger partial charge in [0.15, 0.2) is 0 Å². The standard InChI is InChI=1S/C12H27N3/c1-11(10-13)4-7-15-8-5-12(6-9-15)14(2)3/h11-12H,4-10,13H2,1-3H3. The first-order chi connectivity index (χ1) is 7.13. The fourth-order valence-corrected chi connectivity index (χ4v) is 2.18. The van der Waals surface area contributed by atoms with Crippen LogP contribution in [0.15, 0.2) is 0 Å². The molecule has 0 radical (unpaired) electrons. The van der Waals surface area contributed by atoms with Gasteiger partial charge < -0.3 is 15.5 Å². The number of nitrogens with zero attached hydrogens (tertiary/aromatic N) is 2. The molecule has 2 N–H and O–H groups in total. The maximum atomic E-state index is 5.62. The van der Waals surface area contributed by atoms with E-state index in [1.807, 2.05) is 0 Å². The first-order valence-corrected chi connectivity index (χ1v) is 6.22. The molecule has 1 unspecified atom stereocenters. The molecule has 1 fully saturated rings. The Balaban J connectivity index is 2.14. The van der Waals surface area contributed by atoms with Crippen molar-refractivity contribution in [1.82, 2.24) is 9.80 Å². The first-order valence-electron chi connectivity index (χ1n) is 6.22. The van der Waals surface area contributed by atoms with Gasteiger partial charge in [0.25, 0.3) is 0 Å². The molecule has 0 bridgehead atoms. The summed E-state index contributed by atoms with van der Waals surface area (Å²) in [6, 6.07) is 0.799. The largest absolute Gasteiger partial charge is 0.330 e. The van der Waals surface area contributed by atoms with Crippen molar-refractivity contribution in [2.45, 2.75) is 32.2 Å². The summed E-state index contributed by atoms with van der Waals surface area (Å²) in [5.74, 6) is 0.677. The van der Waals surface area contributed by atoms with Crippen molar-refractivity contribution in [1.29, 1.82) is 0 Å². The van der Waals surface area contributed by atoms with Crippen LogP contribution in [0.1, 0.15) is 26.2 Å². The summed E-state index contributed by atoms with van der Waals surface area (Å²) in [5.41, 5.74) is 5.62. The van der Waals surface area contributed by atoms with Crippen LogP contribution in [0.5, 0.6) is 0 Å². The Hall–Kier alpha value is -0.120. The maximum Gasteiger partial charge on any atom is 0.0113 e. The molecule has 90 valence electrons. The third kappa shape index (κ3) is 4.49. The minimum absolute atomic E-state index is 0.677. The molecule has 1 atom stereocenters. The van der Waals surface area contributed by atoms with Crippen LogP contribution in [0.4, 0.5) is 0 Å². The molecule has 0 saturated carbocycles. The number of hydrogen-bond donors (Lipinski definition) is 1. The van der Waals surface area contributed by atoms with Crippen LogP contribution in [-0.2, 0) is 0 Å². The Morgan fingerprint density at radius 3 is 2.40 bits per heavy atom. The van der Waals surface area contributed by atoms with Gasteiger partial charge in [-0.2, -0.15) is 0 Å². The van der Waals surface area contributed by atoms with Gasteiger partial charge in [-0.1, -0.05) is 6.92 Å². The third-order valence-electron chi connectivity index (χ3n) is 3.63. The highest BCUT2D eigenvalue weighted by atomic mass is 15.2. The van der Waals surface area contributed by atoms with Crippen LogP contribution in [-0.4, -0.2) is 56.1 Å². The van der Waals surface area contributed by atoms with E-state index in [-0.39, 0.29) is 0 Å². The van der Waals surface area contributed by atoms with Crippen LogP contribution in [0.3, 0.4) is 0 Å². The second kappa shape index (κ2) is 6.46. The van der Waals surface area contributed by atoms with Crippen LogP contribution in [0.25, 0.3) is 0 Å². The molecule has 0 spiro atoms. The van der Waals surface area contributed by atoms with E-state index in [0.717, 1.165) is 12.6 Å². The second-order valence-corrected chi connectivity index (χ2v) is 5.17. The Kier molecular flexibility index (Phi) is 5.58. The molecular formula is C12H27N3. The Labute approximate surface area is 94.6 Å². The Bertz CT molecular complexity index is 162. The molecule has 0 aromatic rings. The maximum absolute atomic E-state index is 5.62. The fourth-order valence-electron chi connectivity index (χ4n) is 2.18. The zero-order valence-corrected chi connectivity index (χ0v) is 10.6. The molecular weight excluding hydrogens is 186 g/mol. The van der Waals surface area contributed by atoms with Crippen LogP contribution < -0.4 is 5.73 Å². The molecule has 0 aliphatic carbocycles. The van der Waals surface area contributed by atoms with E-state index >= 15 is 0 Å². The molecule has 1 aliphatic rings. The minimum Gasteiger partial charge on any atom is -0.330 e. The smallest absolute Gasteiger partial charge is 0.0113 e. The zero-order chi connectivity index (χ0) is 11.3. The van der Waals surface area contributed by atoms with Gasteiger partial charge in [-0.25, -0.2) is 0 Å². The van der Waals surface area contributed by atoms with Crippen molar-refractivity contribution in [2.24, 2.45) is 11.7 Å². The number of piperidine rings is 1. The summed E-state index contributed by atoms with van der Waals surface area (Å²) in [6.45, 7) is 6.83. The second-order valence-electron chi connectivity index (χ2n) is 5.17. The first kappa shape index (κ1) is 12.9. The van der Waals surface area contributed by atoms with Gasteiger partial charge in [0.05, 0.1) is 0 Å². The summed E-state index contributed by atoms with van der Waals surface area (Å²) in [7, 11) is 4.38. The molecule has 0 amide bonds. The number of nitrogens with two attached hydrogens (primary N) is 1. The average molecular weight is 213 g/mol. The van der Waals surface area contributed by atoms with E-state index in [1.165, 1.54) is 38.9 Å². The summed E-state index contributed by atoms with van der Waals surface area (Å²) in [6.07, 6.45) is 3.90. The zero-order valence-electron chi connectivity index (χ0n) is 10.6. The minimum atomic E-state index is 0.677. The van der Waals surface area contributed by atoms with Crippen molar-refractivity contribution < 1.29 is 0 Å². The van der Waals surface area contributed by atoms with Crippen LogP contribution in [0.2, 0.25) is 0 Å². The van der Waals surface area contributed by atoms with Crippen molar-refractivity contribution in [2.75, 3.05) is 40.3 Å². The van der Waals surface area contributed by atoms with E-state index < -0.39 is 0 Å². The highest BCUT2D eigenvalue weighted by Gasteiger charge is 2.20. The summed E-state index contributed by atoms with van der Waals surface area (Å²) in [4.78, 5) is 4.95. The van der Waals surface area contributed by atoms with Crippen molar-refractivity contribution >= 4 is 0 Å². The van der Waals surface area contributed by atoms with E-state index in [2.05, 4.69) is 30.8 Å². The molecule has 15 heavy (non-hydrogen) atoms. The lowest BCUT2D eigenvalue weighted by Crippen LogP contribution is -2.42. The fraction of sp³-hybridized carbons (Fsp3) is 1.00. The lowest BCUT2D eigenvalue weighted by molar-refractivity contribution is 0.140. The summed E-state index contributed by atoms with van der Waals surface area (Å²) < 4.78 is 0. The molecule has 0 aromatic heterocycles. The normalized spacial score (nSPS) is 22.2. The molecule has 3 heteroatoms. The summed E-state index contributed by atoms with van der Waals surface area (Å²) in [5, 5.41) is 0. The van der Waals surface area contributed by atoms with Crippen molar-refractivity contribution in [3.8, 4) is 0 Å². The highest BCUT2D eigenvalue weighted by Crippen LogP contribution is 2.15. The predicted octanol–water partition coefficient (Wildman–Crippen LogP) is 0.997. The number of rotatable bonds is 5. The molecule has 3 nitrogen and oxygen atoms in total. The van der Waals surface area contributed by atoms with E-state index in [1.54, 1.807) is 0 Å². The average Bonchev–Trinajstić information content (AvgIpc) is 2.26. The monoisotopic (exact) mass is 213 g/mol. The SMILES string of the molecule is CC(CN)CCN1CCC(N(C)C)CC1. The van der Waals surface area contributed by atoms with Gasteiger partial charge in [-0.05, 0) is 65.5 Å². The van der Waals surface area contributed by atoms with E-state index in [9.17, 15) is 0 Å². The van der Waals surface area contributed by atoms with Gasteiger partial charge in [-0.15, -0.1) is 0 Å². The Morgan fingerprint density at radius 1 is 1.33 bits per heavy atom. The third-order valence-corrected chi connectivity index (χ3v) is 3.63. The quantitative estimate of drug-likeness (QED) is 0.739. The topological polar surface area (TPSA) is 32.5 Å².